The van der Waals surface area contributed by atoms with Crippen molar-refractivity contribution in [3.8, 4) is 11.1 Å². The number of amides is 2. The summed E-state index contributed by atoms with van der Waals surface area (Å²) in [7, 11) is 1.96. The number of nitrogens with zero attached hydrogens (tertiary/aromatic N) is 1. The molecule has 1 aromatic heterocycles. The minimum absolute atomic E-state index is 0.361. The Labute approximate surface area is 154 Å². The number of nitrogens with one attached hydrogen (secondary N) is 1. The summed E-state index contributed by atoms with van der Waals surface area (Å²) in [5.74, 6) is -0.741. The number of halogens is 1. The van der Waals surface area contributed by atoms with Crippen LogP contribution < -0.4 is 5.32 Å². The van der Waals surface area contributed by atoms with Crippen molar-refractivity contribution in [3.63, 3.8) is 0 Å². The first-order valence-electron chi connectivity index (χ1n) is 8.22. The van der Waals surface area contributed by atoms with Crippen LogP contribution in [0.5, 0.6) is 0 Å². The van der Waals surface area contributed by atoms with E-state index in [0.717, 1.165) is 27.4 Å². The minimum Gasteiger partial charge on any atom is -0.344 e. The molecular weight excluding hydrogens is 348 g/mol. The Hall–Kier alpha value is -3.11. The molecule has 0 bridgehead atoms. The first-order chi connectivity index (χ1) is 12.6. The van der Waals surface area contributed by atoms with Crippen LogP contribution in [0.3, 0.4) is 0 Å². The molecule has 3 aromatic carbocycles. The minimum atomic E-state index is -0.380. The highest BCUT2D eigenvalue weighted by Gasteiger charge is 2.34. The zero-order valence-corrected chi connectivity index (χ0v) is 14.6. The summed E-state index contributed by atoms with van der Waals surface area (Å²) in [6.07, 6.45) is 0. The van der Waals surface area contributed by atoms with E-state index in [4.69, 9.17) is 11.6 Å². The first kappa shape index (κ1) is 15.2. The van der Waals surface area contributed by atoms with Crippen molar-refractivity contribution >= 4 is 45.2 Å². The molecule has 1 aliphatic rings. The van der Waals surface area contributed by atoms with E-state index in [1.807, 2.05) is 60.1 Å². The SMILES string of the molecule is Cn1c2ccccc2c2c3c(c(-c4ccccc4Cl)cc21)C(=O)NC3=O. The largest absolute Gasteiger partial charge is 0.344 e. The predicted molar refractivity (Wildman–Crippen MR) is 103 cm³/mol. The van der Waals surface area contributed by atoms with Crippen LogP contribution in [0.1, 0.15) is 20.7 Å². The van der Waals surface area contributed by atoms with Crippen molar-refractivity contribution in [2.24, 2.45) is 7.05 Å². The van der Waals surface area contributed by atoms with Gasteiger partial charge in [0, 0.05) is 33.9 Å². The molecule has 126 valence electrons. The number of hydrogen-bond donors (Lipinski definition) is 1. The van der Waals surface area contributed by atoms with E-state index in [2.05, 4.69) is 5.32 Å². The van der Waals surface area contributed by atoms with Crippen molar-refractivity contribution in [1.29, 1.82) is 0 Å². The second-order valence-electron chi connectivity index (χ2n) is 6.41. The molecule has 0 saturated heterocycles. The van der Waals surface area contributed by atoms with Gasteiger partial charge < -0.3 is 4.57 Å². The van der Waals surface area contributed by atoms with E-state index in [-0.39, 0.29) is 11.8 Å². The van der Waals surface area contributed by atoms with Crippen molar-refractivity contribution < 1.29 is 9.59 Å². The summed E-state index contributed by atoms with van der Waals surface area (Å²) in [5, 5.41) is 4.75. The zero-order chi connectivity index (χ0) is 18.0. The third-order valence-corrected chi connectivity index (χ3v) is 5.38. The van der Waals surface area contributed by atoms with Gasteiger partial charge in [-0.3, -0.25) is 14.9 Å². The molecule has 4 nitrogen and oxygen atoms in total. The summed E-state index contributed by atoms with van der Waals surface area (Å²) in [5.41, 5.74) is 4.14. The molecule has 1 N–H and O–H groups in total. The third kappa shape index (κ3) is 1.85. The molecule has 0 fully saturated rings. The molecule has 5 heteroatoms. The first-order valence-corrected chi connectivity index (χ1v) is 8.60. The molecule has 0 saturated carbocycles. The summed E-state index contributed by atoms with van der Waals surface area (Å²) in [6.45, 7) is 0. The Morgan fingerprint density at radius 1 is 0.846 bits per heavy atom. The average molecular weight is 361 g/mol. The lowest BCUT2D eigenvalue weighted by atomic mass is 9.93. The molecule has 0 unspecified atom stereocenters. The Bertz CT molecular complexity index is 1270. The number of aromatic nitrogens is 1. The maximum atomic E-state index is 12.6. The normalized spacial score (nSPS) is 13.5. The van der Waals surface area contributed by atoms with Crippen LogP contribution in [0, 0.1) is 0 Å². The maximum Gasteiger partial charge on any atom is 0.259 e. The topological polar surface area (TPSA) is 51.1 Å². The Morgan fingerprint density at radius 3 is 2.35 bits per heavy atom. The monoisotopic (exact) mass is 360 g/mol. The number of rotatable bonds is 1. The quantitative estimate of drug-likeness (QED) is 0.507. The number of carbonyl (C=O) groups is 2. The van der Waals surface area contributed by atoms with Gasteiger partial charge in [-0.15, -0.1) is 0 Å². The summed E-state index contributed by atoms with van der Waals surface area (Å²) in [6, 6.07) is 17.2. The van der Waals surface area contributed by atoms with Gasteiger partial charge in [0.2, 0.25) is 0 Å². The smallest absolute Gasteiger partial charge is 0.259 e. The Balaban J connectivity index is 2.04. The van der Waals surface area contributed by atoms with Crippen LogP contribution in [-0.4, -0.2) is 16.4 Å². The van der Waals surface area contributed by atoms with Gasteiger partial charge in [0.05, 0.1) is 16.6 Å². The van der Waals surface area contributed by atoms with E-state index in [1.54, 1.807) is 6.07 Å². The molecule has 0 radical (unpaired) electrons. The van der Waals surface area contributed by atoms with Gasteiger partial charge in [-0.05, 0) is 23.8 Å². The van der Waals surface area contributed by atoms with Crippen molar-refractivity contribution in [1.82, 2.24) is 9.88 Å². The van der Waals surface area contributed by atoms with Crippen molar-refractivity contribution in [2.75, 3.05) is 0 Å². The van der Waals surface area contributed by atoms with Gasteiger partial charge in [-0.2, -0.15) is 0 Å². The van der Waals surface area contributed by atoms with E-state index >= 15 is 0 Å². The van der Waals surface area contributed by atoms with Gasteiger partial charge in [-0.1, -0.05) is 48.0 Å². The van der Waals surface area contributed by atoms with Gasteiger partial charge in [0.1, 0.15) is 0 Å². The van der Waals surface area contributed by atoms with Gasteiger partial charge in [-0.25, -0.2) is 0 Å². The molecule has 26 heavy (non-hydrogen) atoms. The molecule has 0 spiro atoms. The summed E-state index contributed by atoms with van der Waals surface area (Å²) in [4.78, 5) is 25.2. The highest BCUT2D eigenvalue weighted by molar-refractivity contribution is 6.36. The molecule has 1 aliphatic heterocycles. The molecule has 2 amide bonds. The van der Waals surface area contributed by atoms with E-state index in [0.29, 0.717) is 21.7 Å². The van der Waals surface area contributed by atoms with E-state index < -0.39 is 0 Å². The second-order valence-corrected chi connectivity index (χ2v) is 6.81. The average Bonchev–Trinajstić information content (AvgIpc) is 3.10. The van der Waals surface area contributed by atoms with Gasteiger partial charge in [0.25, 0.3) is 11.8 Å². The van der Waals surface area contributed by atoms with Crippen molar-refractivity contribution in [2.45, 2.75) is 0 Å². The molecule has 4 aromatic rings. The lowest BCUT2D eigenvalue weighted by molar-refractivity contribution is 0.0880. The molecular formula is C21H13ClN2O2. The van der Waals surface area contributed by atoms with Crippen LogP contribution in [0.25, 0.3) is 32.9 Å². The number of aryl methyl sites for hydroxylation is 1. The van der Waals surface area contributed by atoms with Crippen LogP contribution in [0.2, 0.25) is 5.02 Å². The van der Waals surface area contributed by atoms with Crippen LogP contribution in [0.4, 0.5) is 0 Å². The fourth-order valence-corrected chi connectivity index (χ4v) is 4.13. The highest BCUT2D eigenvalue weighted by Crippen LogP contribution is 2.41. The lowest BCUT2D eigenvalue weighted by Crippen LogP contribution is -2.20. The number of imide groups is 1. The predicted octanol–water partition coefficient (Wildman–Crippen LogP) is 4.54. The summed E-state index contributed by atoms with van der Waals surface area (Å²) < 4.78 is 2.04. The standard InChI is InChI=1S/C21H13ClN2O2/c1-24-15-9-5-3-7-12(15)17-16(24)10-13(11-6-2-4-8-14(11)22)18-19(17)21(26)23-20(18)25/h2-10H,1H3,(H,23,25,26). The number of hydrogen-bond acceptors (Lipinski definition) is 2. The van der Waals surface area contributed by atoms with Crippen LogP contribution in [0.15, 0.2) is 54.6 Å². The maximum absolute atomic E-state index is 12.6. The number of carbonyl (C=O) groups excluding carboxylic acids is 2. The molecule has 2 heterocycles. The fourth-order valence-electron chi connectivity index (χ4n) is 3.90. The highest BCUT2D eigenvalue weighted by atomic mass is 35.5. The van der Waals surface area contributed by atoms with Crippen LogP contribution in [-0.2, 0) is 7.05 Å². The second kappa shape index (κ2) is 5.19. The molecule has 0 aliphatic carbocycles. The molecule has 0 atom stereocenters. The van der Waals surface area contributed by atoms with Gasteiger partial charge in [0.15, 0.2) is 0 Å². The zero-order valence-electron chi connectivity index (χ0n) is 13.8. The van der Waals surface area contributed by atoms with Crippen LogP contribution >= 0.6 is 11.6 Å². The number of fused-ring (bicyclic) bond motifs is 5. The Morgan fingerprint density at radius 2 is 1.54 bits per heavy atom. The number of benzene rings is 3. The lowest BCUT2D eigenvalue weighted by Gasteiger charge is -2.10. The van der Waals surface area contributed by atoms with Crippen molar-refractivity contribution in [3.05, 3.63) is 70.7 Å². The molecule has 5 rings (SSSR count). The van der Waals surface area contributed by atoms with Gasteiger partial charge >= 0.3 is 0 Å². The fraction of sp³-hybridized carbons (Fsp3) is 0.0476. The summed E-state index contributed by atoms with van der Waals surface area (Å²) >= 11 is 6.39. The Kier molecular flexibility index (Phi) is 3.03. The van der Waals surface area contributed by atoms with E-state index in [9.17, 15) is 9.59 Å². The number of para-hydroxylation sites is 1. The third-order valence-electron chi connectivity index (χ3n) is 5.05. The van der Waals surface area contributed by atoms with E-state index in [1.165, 1.54) is 0 Å².